The van der Waals surface area contributed by atoms with Crippen molar-refractivity contribution in [2.75, 3.05) is 51.3 Å². The summed E-state index contributed by atoms with van der Waals surface area (Å²) >= 11 is 13.7. The van der Waals surface area contributed by atoms with Crippen molar-refractivity contribution >= 4 is 45.8 Å². The van der Waals surface area contributed by atoms with Gasteiger partial charge in [-0.05, 0) is 62.5 Å². The van der Waals surface area contributed by atoms with Crippen molar-refractivity contribution in [3.05, 3.63) is 64.3 Å². The summed E-state index contributed by atoms with van der Waals surface area (Å²) in [6, 6.07) is 8.97. The van der Waals surface area contributed by atoms with Gasteiger partial charge in [0.25, 0.3) is 0 Å². The van der Waals surface area contributed by atoms with Gasteiger partial charge in [0.1, 0.15) is 11.7 Å². The van der Waals surface area contributed by atoms with Crippen LogP contribution in [0.4, 0.5) is 10.1 Å². The maximum atomic E-state index is 14.2. The highest BCUT2D eigenvalue weighted by Crippen LogP contribution is 2.40. The predicted octanol–water partition coefficient (Wildman–Crippen LogP) is 5.39. The number of ether oxygens (including phenoxy) is 1. The number of nitrogens with zero attached hydrogens (tertiary/aromatic N) is 6. The van der Waals surface area contributed by atoms with Crippen molar-refractivity contribution in [2.24, 2.45) is 5.92 Å². The van der Waals surface area contributed by atoms with Crippen LogP contribution in [0.5, 0.6) is 0 Å². The molecule has 2 aromatic carbocycles. The molecule has 2 aromatic heterocycles. The Hall–Kier alpha value is -3.18. The van der Waals surface area contributed by atoms with Crippen LogP contribution in [0.25, 0.3) is 22.0 Å². The molecule has 6 rings (SSSR count). The van der Waals surface area contributed by atoms with Gasteiger partial charge >= 0.3 is 5.97 Å². The molecule has 2 aliphatic rings. The Morgan fingerprint density at radius 2 is 1.98 bits per heavy atom. The van der Waals surface area contributed by atoms with E-state index in [0.29, 0.717) is 38.3 Å². The van der Waals surface area contributed by atoms with Gasteiger partial charge in [-0.15, -0.1) is 0 Å². The first kappa shape index (κ1) is 30.8. The van der Waals surface area contributed by atoms with E-state index in [0.717, 1.165) is 55.8 Å². The molecule has 9 nitrogen and oxygen atoms in total. The first-order valence-corrected chi connectivity index (χ1v) is 15.9. The molecule has 4 heterocycles. The second kappa shape index (κ2) is 13.0. The molecule has 234 valence electrons. The van der Waals surface area contributed by atoms with Gasteiger partial charge in [0.2, 0.25) is 0 Å². The number of aliphatic hydroxyl groups excluding tert-OH is 1. The van der Waals surface area contributed by atoms with Crippen LogP contribution in [0, 0.1) is 5.92 Å². The third-order valence-corrected chi connectivity index (χ3v) is 9.56. The number of esters is 1. The van der Waals surface area contributed by atoms with E-state index in [4.69, 9.17) is 33.0 Å². The first-order chi connectivity index (χ1) is 21.3. The van der Waals surface area contributed by atoms with Crippen LogP contribution in [0.1, 0.15) is 37.2 Å². The standard InChI is InChI=1S/C32H37Cl2FN6O3/c1-3-44-32(43)31(30-27-14-22(35)16-40(27)19-36-30)41-17-25-26(33)15-24(28(34)29(25)37-41)21-4-6-23(7-5-21)38(2)12-13-39-10-8-20(18-42)9-11-39/h4-7,15,17,19-20,22,31,42H,3,8-14,16,18H2,1-2H3. The lowest BCUT2D eigenvalue weighted by molar-refractivity contribution is -0.146. The van der Waals surface area contributed by atoms with Crippen molar-refractivity contribution in [2.45, 2.75) is 44.9 Å². The van der Waals surface area contributed by atoms with E-state index in [1.807, 2.05) is 18.2 Å². The van der Waals surface area contributed by atoms with Crippen LogP contribution >= 0.6 is 23.2 Å². The van der Waals surface area contributed by atoms with Crippen molar-refractivity contribution in [3.63, 3.8) is 0 Å². The molecule has 4 aromatic rings. The fourth-order valence-corrected chi connectivity index (χ4v) is 6.81. The highest BCUT2D eigenvalue weighted by atomic mass is 35.5. The number of hydrogen-bond donors (Lipinski definition) is 1. The second-order valence-corrected chi connectivity index (χ2v) is 12.5. The Bertz CT molecular complexity index is 1630. The van der Waals surface area contributed by atoms with Gasteiger partial charge < -0.3 is 24.2 Å². The number of piperidine rings is 1. The van der Waals surface area contributed by atoms with Crippen LogP contribution in [0.2, 0.25) is 10.0 Å². The lowest BCUT2D eigenvalue weighted by atomic mass is 9.98. The van der Waals surface area contributed by atoms with Crippen molar-refractivity contribution < 1.29 is 19.0 Å². The van der Waals surface area contributed by atoms with Crippen LogP contribution < -0.4 is 4.90 Å². The van der Waals surface area contributed by atoms with Crippen LogP contribution in [0.15, 0.2) is 42.9 Å². The minimum atomic E-state index is -1.03. The van der Waals surface area contributed by atoms with E-state index in [-0.39, 0.29) is 26.2 Å². The van der Waals surface area contributed by atoms with E-state index >= 15 is 0 Å². The maximum absolute atomic E-state index is 14.2. The van der Waals surface area contributed by atoms with Gasteiger partial charge in [0.05, 0.1) is 35.2 Å². The summed E-state index contributed by atoms with van der Waals surface area (Å²) < 4.78 is 22.8. The molecule has 44 heavy (non-hydrogen) atoms. The number of likely N-dealkylation sites (tertiary alicyclic amines) is 1. The fourth-order valence-electron chi connectivity index (χ4n) is 6.26. The number of carbonyl (C=O) groups excluding carboxylic acids is 1. The summed E-state index contributed by atoms with van der Waals surface area (Å²) in [5.41, 5.74) is 4.23. The Morgan fingerprint density at radius 3 is 2.68 bits per heavy atom. The number of imidazole rings is 1. The van der Waals surface area contributed by atoms with Crippen molar-refractivity contribution in [3.8, 4) is 11.1 Å². The molecular formula is C32H37Cl2FN6O3. The van der Waals surface area contributed by atoms with E-state index < -0.39 is 18.2 Å². The summed E-state index contributed by atoms with van der Waals surface area (Å²) in [6.07, 6.45) is 4.47. The normalized spacial score (nSPS) is 18.1. The topological polar surface area (TPSA) is 88.7 Å². The average Bonchev–Trinajstić information content (AvgIpc) is 3.74. The number of fused-ring (bicyclic) bond motifs is 2. The molecule has 1 N–H and O–H groups in total. The van der Waals surface area contributed by atoms with Gasteiger partial charge in [-0.25, -0.2) is 14.2 Å². The zero-order valence-corrected chi connectivity index (χ0v) is 26.4. The van der Waals surface area contributed by atoms with Gasteiger partial charge in [-0.1, -0.05) is 35.3 Å². The molecule has 1 saturated heterocycles. The molecule has 12 heteroatoms. The molecule has 0 bridgehead atoms. The average molecular weight is 644 g/mol. The van der Waals surface area contributed by atoms with E-state index in [2.05, 4.69) is 34.0 Å². The number of benzene rings is 2. The molecule has 2 unspecified atom stereocenters. The molecule has 0 saturated carbocycles. The van der Waals surface area contributed by atoms with E-state index in [1.54, 1.807) is 24.0 Å². The largest absolute Gasteiger partial charge is 0.464 e. The molecule has 0 spiro atoms. The van der Waals surface area contributed by atoms with Crippen LogP contribution in [-0.4, -0.2) is 87.9 Å². The number of hydrogen-bond acceptors (Lipinski definition) is 7. The number of alkyl halides is 1. The van der Waals surface area contributed by atoms with Gasteiger partial charge in [0.15, 0.2) is 6.04 Å². The Balaban J connectivity index is 1.24. The summed E-state index contributed by atoms with van der Waals surface area (Å²) in [4.78, 5) is 22.3. The Labute approximate surface area is 266 Å². The minimum Gasteiger partial charge on any atom is -0.464 e. The number of halogens is 3. The summed E-state index contributed by atoms with van der Waals surface area (Å²) in [5, 5.41) is 15.6. The van der Waals surface area contributed by atoms with E-state index in [9.17, 15) is 14.3 Å². The lowest BCUT2D eigenvalue weighted by Gasteiger charge is -2.32. The number of anilines is 1. The second-order valence-electron chi connectivity index (χ2n) is 11.7. The first-order valence-electron chi connectivity index (χ1n) is 15.1. The number of carbonyl (C=O) groups is 1. The minimum absolute atomic E-state index is 0.173. The third kappa shape index (κ3) is 6.05. The summed E-state index contributed by atoms with van der Waals surface area (Å²) in [5.74, 6) is -0.0995. The number of likely N-dealkylation sites (N-methyl/N-ethyl adjacent to an activating group) is 1. The smallest absolute Gasteiger partial charge is 0.337 e. The molecule has 0 radical (unpaired) electrons. The van der Waals surface area contributed by atoms with Crippen LogP contribution in [0.3, 0.4) is 0 Å². The van der Waals surface area contributed by atoms with Crippen molar-refractivity contribution in [1.29, 1.82) is 0 Å². The maximum Gasteiger partial charge on any atom is 0.337 e. The summed E-state index contributed by atoms with van der Waals surface area (Å²) in [6.45, 7) is 6.32. The number of aromatic nitrogens is 4. The zero-order valence-electron chi connectivity index (χ0n) is 24.9. The number of aliphatic hydroxyl groups is 1. The molecular weight excluding hydrogens is 606 g/mol. The van der Waals surface area contributed by atoms with Gasteiger partial charge in [-0.2, -0.15) is 5.10 Å². The van der Waals surface area contributed by atoms with Gasteiger partial charge in [-0.3, -0.25) is 4.68 Å². The predicted molar refractivity (Wildman–Crippen MR) is 170 cm³/mol. The van der Waals surface area contributed by atoms with Crippen LogP contribution in [-0.2, 0) is 22.5 Å². The number of rotatable bonds is 10. The molecule has 1 fully saturated rings. The highest BCUT2D eigenvalue weighted by Gasteiger charge is 2.35. The van der Waals surface area contributed by atoms with Gasteiger partial charge in [0, 0.05) is 61.7 Å². The molecule has 0 amide bonds. The third-order valence-electron chi connectivity index (χ3n) is 8.86. The summed E-state index contributed by atoms with van der Waals surface area (Å²) in [7, 11) is 2.08. The van der Waals surface area contributed by atoms with E-state index in [1.165, 1.54) is 4.68 Å². The monoisotopic (exact) mass is 642 g/mol. The Kier molecular flexibility index (Phi) is 9.14. The fraction of sp³-hybridized carbons (Fsp3) is 0.469. The quantitative estimate of drug-likeness (QED) is 0.232. The zero-order chi connectivity index (χ0) is 31.0. The molecule has 2 atom stereocenters. The van der Waals surface area contributed by atoms with Crippen molar-refractivity contribution in [1.82, 2.24) is 24.2 Å². The highest BCUT2D eigenvalue weighted by molar-refractivity contribution is 6.42. The molecule has 2 aliphatic heterocycles. The Morgan fingerprint density at radius 1 is 1.23 bits per heavy atom. The lowest BCUT2D eigenvalue weighted by Crippen LogP contribution is -2.39. The molecule has 0 aliphatic carbocycles. The SMILES string of the molecule is CCOC(=O)C(c1ncn2c1CC(F)C2)n1cc2c(Cl)cc(-c3ccc(N(C)CCN4CCC(CO)CC4)cc3)c(Cl)c2n1.